The molecule has 5 heteroatoms. The van der Waals surface area contributed by atoms with E-state index in [9.17, 15) is 4.79 Å². The van der Waals surface area contributed by atoms with E-state index in [2.05, 4.69) is 22.3 Å². The summed E-state index contributed by atoms with van der Waals surface area (Å²) in [6.45, 7) is 2.79. The molecule has 0 spiro atoms. The minimum absolute atomic E-state index is 0.0191. The first-order chi connectivity index (χ1) is 13.2. The van der Waals surface area contributed by atoms with Crippen LogP contribution in [0, 0.1) is 6.92 Å². The molecule has 4 rings (SSSR count). The van der Waals surface area contributed by atoms with Gasteiger partial charge in [0.05, 0.1) is 30.6 Å². The van der Waals surface area contributed by atoms with Crippen LogP contribution in [0.3, 0.4) is 0 Å². The van der Waals surface area contributed by atoms with E-state index >= 15 is 0 Å². The second-order valence-corrected chi connectivity index (χ2v) is 6.96. The molecule has 1 aromatic heterocycles. The Balaban J connectivity index is 1.66. The maximum atomic E-state index is 13.4. The molecule has 3 aromatic rings. The van der Waals surface area contributed by atoms with Crippen molar-refractivity contribution in [2.75, 3.05) is 13.7 Å². The predicted molar refractivity (Wildman–Crippen MR) is 105 cm³/mol. The largest absolute Gasteiger partial charge is 0.497 e. The first-order valence-electron chi connectivity index (χ1n) is 9.22. The zero-order valence-electron chi connectivity index (χ0n) is 15.6. The Bertz CT molecular complexity index is 963. The summed E-state index contributed by atoms with van der Waals surface area (Å²) < 4.78 is 5.35. The summed E-state index contributed by atoms with van der Waals surface area (Å²) in [6.07, 6.45) is 3.59. The van der Waals surface area contributed by atoms with Gasteiger partial charge in [-0.3, -0.25) is 9.89 Å². The summed E-state index contributed by atoms with van der Waals surface area (Å²) in [5.41, 5.74) is 4.64. The Morgan fingerprint density at radius 3 is 2.89 bits per heavy atom. The zero-order chi connectivity index (χ0) is 18.8. The van der Waals surface area contributed by atoms with Crippen LogP contribution in [0.25, 0.3) is 11.3 Å². The molecule has 5 nitrogen and oxygen atoms in total. The van der Waals surface area contributed by atoms with E-state index in [-0.39, 0.29) is 11.9 Å². The molecule has 1 amide bonds. The second kappa shape index (κ2) is 7.27. The summed E-state index contributed by atoms with van der Waals surface area (Å²) >= 11 is 0. The first-order valence-corrected chi connectivity index (χ1v) is 9.22. The second-order valence-electron chi connectivity index (χ2n) is 6.96. The summed E-state index contributed by atoms with van der Waals surface area (Å²) in [5.74, 6) is 0.834. The van der Waals surface area contributed by atoms with E-state index in [4.69, 9.17) is 4.74 Å². The number of H-pyrrole nitrogens is 1. The minimum atomic E-state index is 0.0191. The third kappa shape index (κ3) is 3.33. The van der Waals surface area contributed by atoms with Gasteiger partial charge in [-0.15, -0.1) is 0 Å². The fourth-order valence-corrected chi connectivity index (χ4v) is 3.83. The molecule has 0 bridgehead atoms. The molecular formula is C22H23N3O2. The normalized spacial score (nSPS) is 16.5. The monoisotopic (exact) mass is 361 g/mol. The van der Waals surface area contributed by atoms with Crippen LogP contribution in [0.1, 0.15) is 40.4 Å². The van der Waals surface area contributed by atoms with Gasteiger partial charge in [0.25, 0.3) is 5.91 Å². The van der Waals surface area contributed by atoms with Crippen molar-refractivity contribution in [3.8, 4) is 17.0 Å². The number of rotatable bonds is 4. The van der Waals surface area contributed by atoms with E-state index in [1.165, 1.54) is 0 Å². The van der Waals surface area contributed by atoms with Crippen LogP contribution in [0.5, 0.6) is 5.75 Å². The van der Waals surface area contributed by atoms with Crippen molar-refractivity contribution >= 4 is 5.91 Å². The SMILES string of the molecule is COc1cccc(C2CCCN2C(=O)c2cn[nH]c2-c2cccc(C)c2)c1. The summed E-state index contributed by atoms with van der Waals surface area (Å²) in [6, 6.07) is 16.2. The highest BCUT2D eigenvalue weighted by molar-refractivity contribution is 6.00. The number of likely N-dealkylation sites (tertiary alicyclic amines) is 1. The quantitative estimate of drug-likeness (QED) is 0.751. The molecule has 1 N–H and O–H groups in total. The first kappa shape index (κ1) is 17.3. The maximum Gasteiger partial charge on any atom is 0.258 e. The van der Waals surface area contributed by atoms with Crippen molar-refractivity contribution < 1.29 is 9.53 Å². The molecular weight excluding hydrogens is 338 g/mol. The van der Waals surface area contributed by atoms with E-state index in [1.54, 1.807) is 13.3 Å². The van der Waals surface area contributed by atoms with Crippen LogP contribution in [0.4, 0.5) is 0 Å². The van der Waals surface area contributed by atoms with Crippen molar-refractivity contribution in [3.63, 3.8) is 0 Å². The van der Waals surface area contributed by atoms with E-state index in [0.29, 0.717) is 5.56 Å². The fraction of sp³-hybridized carbons (Fsp3) is 0.273. The third-order valence-electron chi connectivity index (χ3n) is 5.17. The highest BCUT2D eigenvalue weighted by Crippen LogP contribution is 2.35. The molecule has 1 aliphatic rings. The number of aromatic amines is 1. The number of nitrogens with zero attached hydrogens (tertiary/aromatic N) is 2. The van der Waals surface area contributed by atoms with Gasteiger partial charge in [-0.2, -0.15) is 5.10 Å². The third-order valence-corrected chi connectivity index (χ3v) is 5.17. The lowest BCUT2D eigenvalue weighted by Crippen LogP contribution is -2.30. The number of aryl methyl sites for hydroxylation is 1. The van der Waals surface area contributed by atoms with Crippen LogP contribution in [0.2, 0.25) is 0 Å². The van der Waals surface area contributed by atoms with Crippen molar-refractivity contribution in [3.05, 3.63) is 71.4 Å². The minimum Gasteiger partial charge on any atom is -0.497 e. The number of hydrogen-bond acceptors (Lipinski definition) is 3. The van der Waals surface area contributed by atoms with Crippen molar-refractivity contribution in [1.29, 1.82) is 0 Å². The number of carbonyl (C=O) groups is 1. The molecule has 27 heavy (non-hydrogen) atoms. The van der Waals surface area contributed by atoms with E-state index < -0.39 is 0 Å². The van der Waals surface area contributed by atoms with Crippen LogP contribution >= 0.6 is 0 Å². The number of ether oxygens (including phenoxy) is 1. The summed E-state index contributed by atoms with van der Waals surface area (Å²) in [7, 11) is 1.66. The Morgan fingerprint density at radius 2 is 2.07 bits per heavy atom. The highest BCUT2D eigenvalue weighted by atomic mass is 16.5. The summed E-state index contributed by atoms with van der Waals surface area (Å²) in [5, 5.41) is 7.16. The van der Waals surface area contributed by atoms with Gasteiger partial charge < -0.3 is 9.64 Å². The highest BCUT2D eigenvalue weighted by Gasteiger charge is 2.32. The lowest BCUT2D eigenvalue weighted by atomic mass is 10.0. The molecule has 1 aliphatic heterocycles. The molecule has 138 valence electrons. The van der Waals surface area contributed by atoms with Crippen molar-refractivity contribution in [2.24, 2.45) is 0 Å². The van der Waals surface area contributed by atoms with Gasteiger partial charge >= 0.3 is 0 Å². The number of amides is 1. The number of benzene rings is 2. The van der Waals surface area contributed by atoms with Crippen molar-refractivity contribution in [1.82, 2.24) is 15.1 Å². The van der Waals surface area contributed by atoms with Crippen LogP contribution < -0.4 is 4.74 Å². The molecule has 0 radical (unpaired) electrons. The number of nitrogens with one attached hydrogen (secondary N) is 1. The maximum absolute atomic E-state index is 13.4. The van der Waals surface area contributed by atoms with Gasteiger partial charge in [-0.25, -0.2) is 0 Å². The lowest BCUT2D eigenvalue weighted by molar-refractivity contribution is 0.0736. The van der Waals surface area contributed by atoms with Gasteiger partial charge in [0.1, 0.15) is 5.75 Å². The van der Waals surface area contributed by atoms with Gasteiger partial charge in [0.2, 0.25) is 0 Å². The van der Waals surface area contributed by atoms with E-state index in [1.807, 2.05) is 48.2 Å². The molecule has 1 unspecified atom stereocenters. The Hall–Kier alpha value is -3.08. The molecule has 1 saturated heterocycles. The van der Waals surface area contributed by atoms with Gasteiger partial charge in [-0.1, -0.05) is 35.9 Å². The molecule has 2 heterocycles. The number of methoxy groups -OCH3 is 1. The van der Waals surface area contributed by atoms with Crippen LogP contribution in [-0.2, 0) is 0 Å². The molecule has 2 aromatic carbocycles. The average molecular weight is 361 g/mol. The Kier molecular flexibility index (Phi) is 4.67. The number of hydrogen-bond donors (Lipinski definition) is 1. The molecule has 1 fully saturated rings. The standard InChI is InChI=1S/C22H23N3O2/c1-15-6-3-8-17(12-15)21-19(14-23-24-21)22(26)25-11-5-10-20(25)16-7-4-9-18(13-16)27-2/h3-4,6-9,12-14,20H,5,10-11H2,1-2H3,(H,23,24). The topological polar surface area (TPSA) is 58.2 Å². The smallest absolute Gasteiger partial charge is 0.258 e. The van der Waals surface area contributed by atoms with Crippen LogP contribution in [0.15, 0.2) is 54.7 Å². The fourth-order valence-electron chi connectivity index (χ4n) is 3.83. The zero-order valence-corrected chi connectivity index (χ0v) is 15.6. The molecule has 1 atom stereocenters. The summed E-state index contributed by atoms with van der Waals surface area (Å²) in [4.78, 5) is 15.3. The van der Waals surface area contributed by atoms with Crippen LogP contribution in [-0.4, -0.2) is 34.7 Å². The predicted octanol–water partition coefficient (Wildman–Crippen LogP) is 4.37. The number of carbonyl (C=O) groups excluding carboxylic acids is 1. The number of aromatic nitrogens is 2. The Morgan fingerprint density at radius 1 is 1.22 bits per heavy atom. The van der Waals surface area contributed by atoms with Gasteiger partial charge in [-0.05, 0) is 43.5 Å². The average Bonchev–Trinajstić information content (AvgIpc) is 3.37. The molecule has 0 aliphatic carbocycles. The van der Waals surface area contributed by atoms with Crippen molar-refractivity contribution in [2.45, 2.75) is 25.8 Å². The molecule has 0 saturated carbocycles. The van der Waals surface area contributed by atoms with E-state index in [0.717, 1.165) is 47.5 Å². The Labute approximate surface area is 159 Å². The van der Waals surface area contributed by atoms with Gasteiger partial charge in [0, 0.05) is 12.1 Å². The lowest BCUT2D eigenvalue weighted by Gasteiger charge is -2.25. The van der Waals surface area contributed by atoms with Gasteiger partial charge in [0.15, 0.2) is 0 Å².